The third-order valence-electron chi connectivity index (χ3n) is 2.39. The molecule has 0 aliphatic heterocycles. The molecular formula is C15H21FN2O3. The highest BCUT2D eigenvalue weighted by atomic mass is 19.1. The zero-order chi connectivity index (χ0) is 16.0. The summed E-state index contributed by atoms with van der Waals surface area (Å²) in [6.45, 7) is 6.99. The molecule has 0 radical (unpaired) electrons. The monoisotopic (exact) mass is 296 g/mol. The first-order chi connectivity index (χ1) is 9.67. The lowest BCUT2D eigenvalue weighted by Gasteiger charge is -2.21. The van der Waals surface area contributed by atoms with Crippen LogP contribution in [0.5, 0.6) is 0 Å². The summed E-state index contributed by atoms with van der Waals surface area (Å²) in [7, 11) is 0. The van der Waals surface area contributed by atoms with Gasteiger partial charge in [-0.25, -0.2) is 9.18 Å². The van der Waals surface area contributed by atoms with Crippen molar-refractivity contribution in [1.82, 2.24) is 5.32 Å². The number of ether oxygens (including phenoxy) is 1. The van der Waals surface area contributed by atoms with Crippen molar-refractivity contribution in [3.63, 3.8) is 0 Å². The molecule has 0 aliphatic rings. The van der Waals surface area contributed by atoms with Crippen LogP contribution in [-0.4, -0.2) is 23.6 Å². The van der Waals surface area contributed by atoms with E-state index in [0.717, 1.165) is 0 Å². The number of carbonyl (C=O) groups is 2. The Bertz CT molecular complexity index is 512. The normalized spacial score (nSPS) is 12.4. The highest BCUT2D eigenvalue weighted by Gasteiger charge is 2.19. The van der Waals surface area contributed by atoms with Crippen molar-refractivity contribution >= 4 is 17.7 Å². The molecule has 2 N–H and O–H groups in total. The summed E-state index contributed by atoms with van der Waals surface area (Å²) < 4.78 is 18.5. The number of carbonyl (C=O) groups excluding carboxylic acids is 2. The van der Waals surface area contributed by atoms with Crippen molar-refractivity contribution in [2.24, 2.45) is 0 Å². The fourth-order valence-corrected chi connectivity index (χ4v) is 1.63. The van der Waals surface area contributed by atoms with Gasteiger partial charge in [0, 0.05) is 6.04 Å². The lowest BCUT2D eigenvalue weighted by molar-refractivity contribution is -0.155. The minimum Gasteiger partial charge on any atom is -0.460 e. The fourth-order valence-electron chi connectivity index (χ4n) is 1.63. The maximum absolute atomic E-state index is 13.4. The number of urea groups is 1. The summed E-state index contributed by atoms with van der Waals surface area (Å²) in [6, 6.07) is 4.85. The predicted molar refractivity (Wildman–Crippen MR) is 78.5 cm³/mol. The van der Waals surface area contributed by atoms with Crippen molar-refractivity contribution in [3.05, 3.63) is 30.1 Å². The molecule has 1 aromatic rings. The Hall–Kier alpha value is -2.11. The summed E-state index contributed by atoms with van der Waals surface area (Å²) in [5, 5.41) is 4.94. The van der Waals surface area contributed by atoms with Crippen LogP contribution in [0, 0.1) is 5.82 Å². The van der Waals surface area contributed by atoms with Gasteiger partial charge in [0.15, 0.2) is 0 Å². The number of halogens is 1. The molecule has 0 saturated carbocycles. The number of anilines is 1. The number of hydrogen-bond acceptors (Lipinski definition) is 3. The van der Waals surface area contributed by atoms with E-state index in [4.69, 9.17) is 4.74 Å². The first-order valence-corrected chi connectivity index (χ1v) is 6.71. The molecule has 2 amide bonds. The number of amides is 2. The maximum Gasteiger partial charge on any atom is 0.319 e. The molecule has 0 heterocycles. The third kappa shape index (κ3) is 6.74. The van der Waals surface area contributed by atoms with Gasteiger partial charge in [-0.15, -0.1) is 0 Å². The SMILES string of the molecule is C[C@H](CC(=O)OC(C)(C)C)NC(=O)Nc1ccccc1F. The van der Waals surface area contributed by atoms with E-state index < -0.39 is 29.5 Å². The van der Waals surface area contributed by atoms with E-state index >= 15 is 0 Å². The Balaban J connectivity index is 2.44. The molecule has 0 spiro atoms. The average molecular weight is 296 g/mol. The summed E-state index contributed by atoms with van der Waals surface area (Å²) in [5.74, 6) is -0.923. The number of hydrogen-bond donors (Lipinski definition) is 2. The van der Waals surface area contributed by atoms with Crippen LogP contribution in [-0.2, 0) is 9.53 Å². The van der Waals surface area contributed by atoms with E-state index in [1.165, 1.54) is 18.2 Å². The van der Waals surface area contributed by atoms with E-state index in [2.05, 4.69) is 10.6 Å². The molecule has 5 nitrogen and oxygen atoms in total. The van der Waals surface area contributed by atoms with Crippen molar-refractivity contribution in [2.45, 2.75) is 45.8 Å². The minimum absolute atomic E-state index is 0.0436. The van der Waals surface area contributed by atoms with Gasteiger partial charge in [0.05, 0.1) is 12.1 Å². The van der Waals surface area contributed by atoms with E-state index in [9.17, 15) is 14.0 Å². The number of para-hydroxylation sites is 1. The van der Waals surface area contributed by atoms with Gasteiger partial charge in [0.2, 0.25) is 0 Å². The molecule has 1 aromatic carbocycles. The third-order valence-corrected chi connectivity index (χ3v) is 2.39. The number of rotatable bonds is 4. The van der Waals surface area contributed by atoms with E-state index in [1.807, 2.05) is 0 Å². The van der Waals surface area contributed by atoms with Gasteiger partial charge in [-0.3, -0.25) is 4.79 Å². The lowest BCUT2D eigenvalue weighted by atomic mass is 10.2. The zero-order valence-corrected chi connectivity index (χ0v) is 12.7. The van der Waals surface area contributed by atoms with Crippen molar-refractivity contribution in [3.8, 4) is 0 Å². The Morgan fingerprint density at radius 1 is 1.29 bits per heavy atom. The summed E-state index contributed by atoms with van der Waals surface area (Å²) in [4.78, 5) is 23.3. The predicted octanol–water partition coefficient (Wildman–Crippen LogP) is 3.07. The topological polar surface area (TPSA) is 67.4 Å². The van der Waals surface area contributed by atoms with E-state index in [-0.39, 0.29) is 12.1 Å². The molecule has 0 aliphatic carbocycles. The molecule has 1 rings (SSSR count). The number of benzene rings is 1. The second kappa shape index (κ2) is 7.06. The molecule has 0 unspecified atom stereocenters. The first kappa shape index (κ1) is 16.9. The molecule has 0 bridgehead atoms. The highest BCUT2D eigenvalue weighted by Crippen LogP contribution is 2.12. The van der Waals surface area contributed by atoms with Crippen LogP contribution in [0.25, 0.3) is 0 Å². The summed E-state index contributed by atoms with van der Waals surface area (Å²) >= 11 is 0. The standard InChI is InChI=1S/C15H21FN2O3/c1-10(9-13(19)21-15(2,3)4)17-14(20)18-12-8-6-5-7-11(12)16/h5-8,10H,9H2,1-4H3,(H2,17,18,20)/t10-/m1/s1. The molecule has 21 heavy (non-hydrogen) atoms. The molecule has 116 valence electrons. The van der Waals surface area contributed by atoms with Gasteiger partial charge in [0.25, 0.3) is 0 Å². The molecule has 1 atom stereocenters. The fraction of sp³-hybridized carbons (Fsp3) is 0.467. The van der Waals surface area contributed by atoms with Crippen molar-refractivity contribution < 1.29 is 18.7 Å². The quantitative estimate of drug-likeness (QED) is 0.839. The van der Waals surface area contributed by atoms with Gasteiger partial charge in [-0.05, 0) is 39.8 Å². The molecule has 0 aromatic heterocycles. The first-order valence-electron chi connectivity index (χ1n) is 6.71. The second-order valence-electron chi connectivity index (χ2n) is 5.77. The molecular weight excluding hydrogens is 275 g/mol. The minimum atomic E-state index is -0.573. The van der Waals surface area contributed by atoms with Crippen LogP contribution >= 0.6 is 0 Å². The van der Waals surface area contributed by atoms with Crippen molar-refractivity contribution in [1.29, 1.82) is 0 Å². The van der Waals surface area contributed by atoms with Crippen LogP contribution in [0.1, 0.15) is 34.1 Å². The maximum atomic E-state index is 13.4. The smallest absolute Gasteiger partial charge is 0.319 e. The highest BCUT2D eigenvalue weighted by molar-refractivity contribution is 5.89. The van der Waals surface area contributed by atoms with Gasteiger partial charge >= 0.3 is 12.0 Å². The Kier molecular flexibility index (Phi) is 5.69. The van der Waals surface area contributed by atoms with Gasteiger partial charge < -0.3 is 15.4 Å². The Morgan fingerprint density at radius 3 is 2.48 bits per heavy atom. The molecule has 0 fully saturated rings. The van der Waals surface area contributed by atoms with Gasteiger partial charge in [-0.2, -0.15) is 0 Å². The average Bonchev–Trinajstić information content (AvgIpc) is 2.28. The van der Waals surface area contributed by atoms with Crippen LogP contribution in [0.15, 0.2) is 24.3 Å². The van der Waals surface area contributed by atoms with Crippen LogP contribution in [0.3, 0.4) is 0 Å². The van der Waals surface area contributed by atoms with E-state index in [1.54, 1.807) is 33.8 Å². The van der Waals surface area contributed by atoms with Gasteiger partial charge in [-0.1, -0.05) is 12.1 Å². The van der Waals surface area contributed by atoms with E-state index in [0.29, 0.717) is 0 Å². The van der Waals surface area contributed by atoms with Crippen LogP contribution < -0.4 is 10.6 Å². The molecule has 0 saturated heterocycles. The molecule has 6 heteroatoms. The lowest BCUT2D eigenvalue weighted by Crippen LogP contribution is -2.38. The van der Waals surface area contributed by atoms with Crippen LogP contribution in [0.4, 0.5) is 14.9 Å². The zero-order valence-electron chi connectivity index (χ0n) is 12.7. The van der Waals surface area contributed by atoms with Crippen LogP contribution in [0.2, 0.25) is 0 Å². The second-order valence-corrected chi connectivity index (χ2v) is 5.77. The Morgan fingerprint density at radius 2 is 1.90 bits per heavy atom. The van der Waals surface area contributed by atoms with Crippen molar-refractivity contribution in [2.75, 3.05) is 5.32 Å². The number of esters is 1. The number of nitrogens with one attached hydrogen (secondary N) is 2. The summed E-state index contributed by atoms with van der Waals surface area (Å²) in [6.07, 6.45) is 0.0436. The van der Waals surface area contributed by atoms with Gasteiger partial charge in [0.1, 0.15) is 11.4 Å². The Labute approximate surface area is 123 Å². The summed E-state index contributed by atoms with van der Waals surface area (Å²) in [5.41, 5.74) is -0.480. The largest absolute Gasteiger partial charge is 0.460 e.